The van der Waals surface area contributed by atoms with Crippen molar-refractivity contribution in [1.82, 2.24) is 9.88 Å². The first-order chi connectivity index (χ1) is 15.8. The largest absolute Gasteiger partial charge is 0.497 e. The number of nitrogens with one attached hydrogen (secondary N) is 1. The highest BCUT2D eigenvalue weighted by atomic mass is 127. The van der Waals surface area contributed by atoms with Crippen LogP contribution in [0.3, 0.4) is 0 Å². The maximum atomic E-state index is 12.8. The number of hydrogen-bond acceptors (Lipinski definition) is 4. The smallest absolute Gasteiger partial charge is 0.262 e. The minimum Gasteiger partial charge on any atom is -0.497 e. The molecule has 1 N–H and O–H groups in total. The van der Waals surface area contributed by atoms with Crippen molar-refractivity contribution < 1.29 is 14.3 Å². The van der Waals surface area contributed by atoms with Crippen molar-refractivity contribution in [2.75, 3.05) is 14.2 Å². The van der Waals surface area contributed by atoms with Crippen LogP contribution in [0, 0.1) is 35.7 Å². The summed E-state index contributed by atoms with van der Waals surface area (Å²) in [4.78, 5) is 12.8. The van der Waals surface area contributed by atoms with Gasteiger partial charge < -0.3 is 19.4 Å². The first-order valence-corrected chi connectivity index (χ1v) is 11.4. The van der Waals surface area contributed by atoms with Gasteiger partial charge in [-0.15, -0.1) is 0 Å². The van der Waals surface area contributed by atoms with Crippen LogP contribution in [0.4, 0.5) is 0 Å². The maximum absolute atomic E-state index is 12.8. The molecule has 3 aromatic rings. The van der Waals surface area contributed by atoms with E-state index >= 15 is 0 Å². The van der Waals surface area contributed by atoms with Gasteiger partial charge >= 0.3 is 0 Å². The summed E-state index contributed by atoms with van der Waals surface area (Å²) in [5.41, 5.74) is 5.90. The van der Waals surface area contributed by atoms with Gasteiger partial charge in [-0.05, 0) is 97.0 Å². The number of hydrogen-bond donors (Lipinski definition) is 1. The molecular formula is C26H26IN3O3. The molecule has 0 saturated heterocycles. The van der Waals surface area contributed by atoms with E-state index in [4.69, 9.17) is 9.47 Å². The zero-order valence-corrected chi connectivity index (χ0v) is 21.5. The van der Waals surface area contributed by atoms with Gasteiger partial charge in [0.25, 0.3) is 5.91 Å². The van der Waals surface area contributed by atoms with Gasteiger partial charge in [-0.3, -0.25) is 4.79 Å². The number of carbonyl (C=O) groups is 1. The average Bonchev–Trinajstić information content (AvgIpc) is 3.10. The molecule has 0 aliphatic carbocycles. The molecule has 33 heavy (non-hydrogen) atoms. The van der Waals surface area contributed by atoms with Crippen LogP contribution in [0.2, 0.25) is 0 Å². The molecule has 3 rings (SSSR count). The van der Waals surface area contributed by atoms with E-state index in [1.165, 1.54) is 9.13 Å². The molecular weight excluding hydrogens is 529 g/mol. The molecule has 0 aliphatic rings. The molecule has 0 bridgehead atoms. The van der Waals surface area contributed by atoms with E-state index in [9.17, 15) is 10.1 Å². The van der Waals surface area contributed by atoms with Crippen molar-refractivity contribution in [3.8, 4) is 23.3 Å². The Bertz CT molecular complexity index is 1270. The number of halogens is 1. The molecule has 6 nitrogen and oxygen atoms in total. The number of carbonyl (C=O) groups excluding carboxylic acids is 1. The summed E-state index contributed by atoms with van der Waals surface area (Å²) in [6.45, 7) is 6.31. The lowest BCUT2D eigenvalue weighted by atomic mass is 10.1. The Hall–Kier alpha value is -3.25. The van der Waals surface area contributed by atoms with Crippen molar-refractivity contribution in [3.63, 3.8) is 0 Å². The topological polar surface area (TPSA) is 76.3 Å². The molecule has 0 unspecified atom stereocenters. The van der Waals surface area contributed by atoms with Crippen molar-refractivity contribution in [2.45, 2.75) is 27.3 Å². The molecule has 0 saturated carbocycles. The fourth-order valence-electron chi connectivity index (χ4n) is 3.67. The monoisotopic (exact) mass is 555 g/mol. The summed E-state index contributed by atoms with van der Waals surface area (Å²) in [5, 5.41) is 12.5. The van der Waals surface area contributed by atoms with Gasteiger partial charge in [0, 0.05) is 38.8 Å². The lowest BCUT2D eigenvalue weighted by Crippen LogP contribution is -2.24. The average molecular weight is 555 g/mol. The summed E-state index contributed by atoms with van der Waals surface area (Å²) >= 11 is 2.32. The number of ether oxygens (including phenoxy) is 2. The number of nitriles is 1. The number of methoxy groups -OCH3 is 2. The highest BCUT2D eigenvalue weighted by Gasteiger charge is 2.15. The zero-order chi connectivity index (χ0) is 24.1. The predicted molar refractivity (Wildman–Crippen MR) is 138 cm³/mol. The van der Waals surface area contributed by atoms with Crippen molar-refractivity contribution in [1.29, 1.82) is 5.26 Å². The van der Waals surface area contributed by atoms with Gasteiger partial charge in [0.2, 0.25) is 0 Å². The Morgan fingerprint density at radius 3 is 2.52 bits per heavy atom. The third-order valence-corrected chi connectivity index (χ3v) is 6.68. The van der Waals surface area contributed by atoms with Crippen molar-refractivity contribution in [3.05, 3.63) is 79.7 Å². The molecule has 0 spiro atoms. The molecule has 1 heterocycles. The van der Waals surface area contributed by atoms with Crippen LogP contribution in [0.25, 0.3) is 11.8 Å². The summed E-state index contributed by atoms with van der Waals surface area (Å²) in [7, 11) is 3.14. The molecule has 1 amide bonds. The predicted octanol–water partition coefficient (Wildman–Crippen LogP) is 5.25. The molecule has 0 aliphatic heterocycles. The fraction of sp³-hybridized carbons (Fsp3) is 0.231. The summed E-state index contributed by atoms with van der Waals surface area (Å²) in [6.07, 6.45) is 1.64. The van der Waals surface area contributed by atoms with Crippen LogP contribution in [0.1, 0.15) is 28.1 Å². The van der Waals surface area contributed by atoms with Crippen LogP contribution in [-0.4, -0.2) is 24.7 Å². The number of nitrogens with zero attached hydrogens (tertiary/aromatic N) is 2. The van der Waals surface area contributed by atoms with Gasteiger partial charge in [-0.2, -0.15) is 5.26 Å². The fourth-order valence-corrected chi connectivity index (χ4v) is 4.01. The van der Waals surface area contributed by atoms with Crippen LogP contribution < -0.4 is 14.8 Å². The highest BCUT2D eigenvalue weighted by molar-refractivity contribution is 14.1. The van der Waals surface area contributed by atoms with Crippen LogP contribution in [0.15, 0.2) is 48.0 Å². The zero-order valence-electron chi connectivity index (χ0n) is 19.3. The maximum Gasteiger partial charge on any atom is 0.262 e. The van der Waals surface area contributed by atoms with Crippen molar-refractivity contribution in [2.24, 2.45) is 0 Å². The van der Waals surface area contributed by atoms with Gasteiger partial charge in [0.15, 0.2) is 0 Å². The standard InChI is InChI=1S/C26H26IN3O3/c1-16-10-22(7-9-24(16)27)30-17(2)11-20(18(30)3)12-21(14-28)26(31)29-15-19-6-8-23(32-4)13-25(19)33-5/h6-13H,15H2,1-5H3,(H,29,31)/b21-12+. The minimum atomic E-state index is -0.440. The first-order valence-electron chi connectivity index (χ1n) is 10.4. The number of aryl methyl sites for hydroxylation is 2. The lowest BCUT2D eigenvalue weighted by molar-refractivity contribution is -0.117. The third kappa shape index (κ3) is 5.40. The van der Waals surface area contributed by atoms with Gasteiger partial charge in [-0.1, -0.05) is 0 Å². The van der Waals surface area contributed by atoms with E-state index in [0.29, 0.717) is 11.5 Å². The number of aromatic nitrogens is 1. The van der Waals surface area contributed by atoms with E-state index in [1.54, 1.807) is 32.4 Å². The quantitative estimate of drug-likeness (QED) is 0.246. The van der Waals surface area contributed by atoms with Gasteiger partial charge in [0.1, 0.15) is 23.1 Å². The van der Waals surface area contributed by atoms with Crippen LogP contribution in [-0.2, 0) is 11.3 Å². The summed E-state index contributed by atoms with van der Waals surface area (Å²) in [5.74, 6) is 0.831. The lowest BCUT2D eigenvalue weighted by Gasteiger charge is -2.12. The number of rotatable bonds is 7. The first kappa shape index (κ1) is 24.4. The Morgan fingerprint density at radius 1 is 1.12 bits per heavy atom. The second kappa shape index (κ2) is 10.6. The van der Waals surface area contributed by atoms with E-state index < -0.39 is 5.91 Å². The van der Waals surface area contributed by atoms with E-state index in [0.717, 1.165) is 28.2 Å². The molecule has 1 aromatic heterocycles. The van der Waals surface area contributed by atoms with Crippen molar-refractivity contribution >= 4 is 34.6 Å². The molecule has 0 atom stereocenters. The molecule has 7 heteroatoms. The minimum absolute atomic E-state index is 0.0431. The SMILES string of the molecule is COc1ccc(CNC(=O)/C(C#N)=C/c2cc(C)n(-c3ccc(I)c(C)c3)c2C)c(OC)c1. The molecule has 2 aromatic carbocycles. The Labute approximate surface area is 208 Å². The van der Waals surface area contributed by atoms with E-state index in [2.05, 4.69) is 57.6 Å². The highest BCUT2D eigenvalue weighted by Crippen LogP contribution is 2.26. The van der Waals surface area contributed by atoms with Gasteiger partial charge in [0.05, 0.1) is 14.2 Å². The Balaban J connectivity index is 1.84. The summed E-state index contributed by atoms with van der Waals surface area (Å²) in [6, 6.07) is 15.7. The summed E-state index contributed by atoms with van der Waals surface area (Å²) < 4.78 is 13.9. The van der Waals surface area contributed by atoms with E-state index in [1.807, 2.05) is 32.0 Å². The molecule has 170 valence electrons. The van der Waals surface area contributed by atoms with Gasteiger partial charge in [-0.25, -0.2) is 0 Å². The Morgan fingerprint density at radius 2 is 1.88 bits per heavy atom. The van der Waals surface area contributed by atoms with Crippen LogP contribution in [0.5, 0.6) is 11.5 Å². The number of benzene rings is 2. The normalized spacial score (nSPS) is 11.1. The molecule has 0 fully saturated rings. The second-order valence-electron chi connectivity index (χ2n) is 7.63. The van der Waals surface area contributed by atoms with Crippen LogP contribution >= 0.6 is 22.6 Å². The number of amides is 1. The molecule has 0 radical (unpaired) electrons. The Kier molecular flexibility index (Phi) is 7.82. The second-order valence-corrected chi connectivity index (χ2v) is 8.79. The van der Waals surface area contributed by atoms with E-state index in [-0.39, 0.29) is 12.1 Å². The third-order valence-electron chi connectivity index (χ3n) is 5.47.